The van der Waals surface area contributed by atoms with E-state index in [0.29, 0.717) is 18.3 Å². The molecule has 2 aliphatic rings. The molecule has 0 bridgehead atoms. The molecule has 1 aliphatic heterocycles. The molecule has 29 heavy (non-hydrogen) atoms. The Kier molecular flexibility index (Phi) is 10.0. The van der Waals surface area contributed by atoms with Crippen LogP contribution in [0.25, 0.3) is 0 Å². The molecule has 5 nitrogen and oxygen atoms in total. The Hall–Kier alpha value is -1.02. The van der Waals surface area contributed by atoms with Crippen molar-refractivity contribution in [2.75, 3.05) is 26.2 Å². The van der Waals surface area contributed by atoms with Crippen molar-refractivity contribution in [3.05, 3.63) is 28.8 Å². The topological polar surface area (TPSA) is 59.9 Å². The molecule has 0 atom stereocenters. The van der Waals surface area contributed by atoms with Crippen LogP contribution in [0.1, 0.15) is 63.1 Å². The molecule has 1 heterocycles. The van der Waals surface area contributed by atoms with Crippen LogP contribution in [0.3, 0.4) is 0 Å². The number of likely N-dealkylation sites (tertiary alicyclic amines) is 1. The van der Waals surface area contributed by atoms with Crippen LogP contribution < -0.4 is 10.6 Å². The largest absolute Gasteiger partial charge is 0.508 e. The number of nitrogens with zero attached hydrogens (tertiary/aromatic N) is 2. The van der Waals surface area contributed by atoms with Gasteiger partial charge < -0.3 is 20.6 Å². The Labute approximate surface area is 193 Å². The smallest absolute Gasteiger partial charge is 0.191 e. The number of aliphatic imine (C=N–C) groups is 1. The molecular weight excluding hydrogens is 475 g/mol. The quantitative estimate of drug-likeness (QED) is 0.305. The van der Waals surface area contributed by atoms with Crippen molar-refractivity contribution < 1.29 is 5.11 Å². The van der Waals surface area contributed by atoms with E-state index in [1.165, 1.54) is 30.5 Å². The summed E-state index contributed by atoms with van der Waals surface area (Å²) >= 11 is 0. The van der Waals surface area contributed by atoms with Crippen LogP contribution in [0, 0.1) is 5.92 Å². The number of guanidine groups is 1. The number of benzene rings is 1. The zero-order valence-electron chi connectivity index (χ0n) is 18.3. The first-order chi connectivity index (χ1) is 13.6. The van der Waals surface area contributed by atoms with Crippen molar-refractivity contribution in [1.29, 1.82) is 0 Å². The summed E-state index contributed by atoms with van der Waals surface area (Å²) in [7, 11) is 0. The number of phenolic OH excluding ortho intramolecular Hbond substituents is 1. The number of piperidine rings is 1. The third kappa shape index (κ3) is 7.02. The van der Waals surface area contributed by atoms with Crippen LogP contribution in [0.2, 0.25) is 0 Å². The molecular formula is C23H39IN4O. The van der Waals surface area contributed by atoms with E-state index < -0.39 is 0 Å². The van der Waals surface area contributed by atoms with Crippen LogP contribution >= 0.6 is 24.0 Å². The summed E-state index contributed by atoms with van der Waals surface area (Å²) in [5.41, 5.74) is 3.73. The molecule has 1 saturated heterocycles. The summed E-state index contributed by atoms with van der Waals surface area (Å²) in [6, 6.07) is 4.41. The standard InChI is InChI=1S/C23H38N4O.HI/c1-4-24-23(26-19-11-13-27(14-12-19)16-17(2)3)25-15-21-20-8-6-5-7-18(20)9-10-22(21)28;/h9-10,17,19,28H,4-8,11-16H2,1-3H3,(H2,24,25,26);1H. The number of halogens is 1. The highest BCUT2D eigenvalue weighted by Gasteiger charge is 2.21. The SMILES string of the molecule is CCNC(=NCc1c(O)ccc2c1CCCC2)NC1CCN(CC(C)C)CC1.I. The normalized spacial score (nSPS) is 18.3. The molecule has 1 aromatic carbocycles. The first kappa shape index (κ1) is 24.3. The summed E-state index contributed by atoms with van der Waals surface area (Å²) in [5.74, 6) is 1.99. The van der Waals surface area contributed by atoms with Gasteiger partial charge >= 0.3 is 0 Å². The molecule has 1 aromatic rings. The van der Waals surface area contributed by atoms with Crippen LogP contribution in [-0.4, -0.2) is 48.2 Å². The molecule has 0 saturated carbocycles. The number of hydrogen-bond acceptors (Lipinski definition) is 3. The fraction of sp³-hybridized carbons (Fsp3) is 0.696. The van der Waals surface area contributed by atoms with Gasteiger partial charge in [0, 0.05) is 37.8 Å². The molecule has 164 valence electrons. The van der Waals surface area contributed by atoms with Crippen molar-refractivity contribution in [2.24, 2.45) is 10.9 Å². The average molecular weight is 514 g/mol. The second-order valence-corrected chi connectivity index (χ2v) is 8.72. The summed E-state index contributed by atoms with van der Waals surface area (Å²) in [5, 5.41) is 17.4. The van der Waals surface area contributed by atoms with Gasteiger partial charge in [-0.1, -0.05) is 19.9 Å². The Morgan fingerprint density at radius 3 is 2.62 bits per heavy atom. The number of aryl methyl sites for hydroxylation is 1. The third-order valence-corrected chi connectivity index (χ3v) is 5.92. The fourth-order valence-corrected chi connectivity index (χ4v) is 4.52. The van der Waals surface area contributed by atoms with Gasteiger partial charge in [-0.2, -0.15) is 0 Å². The molecule has 0 spiro atoms. The summed E-state index contributed by atoms with van der Waals surface area (Å²) in [6.45, 7) is 11.6. The highest BCUT2D eigenvalue weighted by atomic mass is 127. The number of aromatic hydroxyl groups is 1. The molecule has 6 heteroatoms. The van der Waals surface area contributed by atoms with Gasteiger partial charge in [0.1, 0.15) is 5.75 Å². The van der Waals surface area contributed by atoms with E-state index in [9.17, 15) is 5.11 Å². The number of nitrogens with one attached hydrogen (secondary N) is 2. The van der Waals surface area contributed by atoms with E-state index in [-0.39, 0.29) is 24.0 Å². The van der Waals surface area contributed by atoms with Gasteiger partial charge in [0.2, 0.25) is 0 Å². The summed E-state index contributed by atoms with van der Waals surface area (Å²) in [6.07, 6.45) is 6.96. The number of rotatable bonds is 6. The first-order valence-corrected chi connectivity index (χ1v) is 11.2. The maximum Gasteiger partial charge on any atom is 0.191 e. The van der Waals surface area contributed by atoms with Crippen molar-refractivity contribution in [1.82, 2.24) is 15.5 Å². The lowest BCUT2D eigenvalue weighted by Gasteiger charge is -2.34. The van der Waals surface area contributed by atoms with Gasteiger partial charge in [-0.15, -0.1) is 24.0 Å². The zero-order valence-corrected chi connectivity index (χ0v) is 20.7. The van der Waals surface area contributed by atoms with Crippen LogP contribution in [0.15, 0.2) is 17.1 Å². The number of phenols is 1. The maximum absolute atomic E-state index is 10.4. The van der Waals surface area contributed by atoms with E-state index >= 15 is 0 Å². The highest BCUT2D eigenvalue weighted by Crippen LogP contribution is 2.31. The second-order valence-electron chi connectivity index (χ2n) is 8.72. The minimum absolute atomic E-state index is 0. The lowest BCUT2D eigenvalue weighted by atomic mass is 9.88. The van der Waals surface area contributed by atoms with Crippen LogP contribution in [-0.2, 0) is 19.4 Å². The van der Waals surface area contributed by atoms with Crippen molar-refractivity contribution in [3.63, 3.8) is 0 Å². The summed E-state index contributed by atoms with van der Waals surface area (Å²) in [4.78, 5) is 7.41. The third-order valence-electron chi connectivity index (χ3n) is 5.92. The molecule has 3 N–H and O–H groups in total. The lowest BCUT2D eigenvalue weighted by molar-refractivity contribution is 0.187. The van der Waals surface area contributed by atoms with Crippen molar-refractivity contribution >= 4 is 29.9 Å². The zero-order chi connectivity index (χ0) is 19.9. The molecule has 0 unspecified atom stereocenters. The fourth-order valence-electron chi connectivity index (χ4n) is 4.52. The second kappa shape index (κ2) is 12.0. The van der Waals surface area contributed by atoms with Gasteiger partial charge in [0.25, 0.3) is 0 Å². The van der Waals surface area contributed by atoms with E-state index in [1.54, 1.807) is 0 Å². The van der Waals surface area contributed by atoms with Crippen LogP contribution in [0.4, 0.5) is 0 Å². The van der Waals surface area contributed by atoms with Gasteiger partial charge in [-0.25, -0.2) is 4.99 Å². The van der Waals surface area contributed by atoms with E-state index in [0.717, 1.165) is 62.8 Å². The molecule has 3 rings (SSSR count). The molecule has 1 fully saturated rings. The van der Waals surface area contributed by atoms with E-state index in [1.807, 2.05) is 6.07 Å². The first-order valence-electron chi connectivity index (χ1n) is 11.2. The summed E-state index contributed by atoms with van der Waals surface area (Å²) < 4.78 is 0. The predicted octanol–water partition coefficient (Wildman–Crippen LogP) is 4.06. The molecule has 0 aromatic heterocycles. The lowest BCUT2D eigenvalue weighted by Crippen LogP contribution is -2.49. The predicted molar refractivity (Wildman–Crippen MR) is 132 cm³/mol. The average Bonchev–Trinajstić information content (AvgIpc) is 2.68. The Balaban J connectivity index is 0.00000300. The molecule has 1 aliphatic carbocycles. The van der Waals surface area contributed by atoms with E-state index in [4.69, 9.17) is 4.99 Å². The van der Waals surface area contributed by atoms with Crippen molar-refractivity contribution in [2.45, 2.75) is 71.9 Å². The van der Waals surface area contributed by atoms with Gasteiger partial charge in [-0.05, 0) is 68.6 Å². The van der Waals surface area contributed by atoms with Gasteiger partial charge in [-0.3, -0.25) is 0 Å². The minimum Gasteiger partial charge on any atom is -0.508 e. The minimum atomic E-state index is 0. The Morgan fingerprint density at radius 1 is 1.21 bits per heavy atom. The van der Waals surface area contributed by atoms with Gasteiger partial charge in [0.15, 0.2) is 5.96 Å². The Bertz CT molecular complexity index is 669. The van der Waals surface area contributed by atoms with E-state index in [2.05, 4.69) is 42.4 Å². The molecule has 0 radical (unpaired) electrons. The number of hydrogen-bond donors (Lipinski definition) is 3. The molecule has 0 amide bonds. The number of fused-ring (bicyclic) bond motifs is 1. The monoisotopic (exact) mass is 514 g/mol. The highest BCUT2D eigenvalue weighted by molar-refractivity contribution is 14.0. The van der Waals surface area contributed by atoms with Gasteiger partial charge in [0.05, 0.1) is 6.54 Å². The Morgan fingerprint density at radius 2 is 1.93 bits per heavy atom. The van der Waals surface area contributed by atoms with Crippen molar-refractivity contribution in [3.8, 4) is 5.75 Å². The van der Waals surface area contributed by atoms with Crippen LogP contribution in [0.5, 0.6) is 5.75 Å². The maximum atomic E-state index is 10.4.